The summed E-state index contributed by atoms with van der Waals surface area (Å²) in [5.41, 5.74) is -2.60. The van der Waals surface area contributed by atoms with Crippen molar-refractivity contribution in [1.82, 2.24) is 0 Å². The van der Waals surface area contributed by atoms with Gasteiger partial charge in [-0.2, -0.15) is 0 Å². The van der Waals surface area contributed by atoms with Gasteiger partial charge >= 0.3 is 0 Å². The molecule has 0 aromatic rings. The van der Waals surface area contributed by atoms with Gasteiger partial charge in [0.25, 0.3) is 0 Å². The molecule has 0 aromatic carbocycles. The highest BCUT2D eigenvalue weighted by Crippen LogP contribution is 2.53. The smallest absolute Gasteiger partial charge is 0.244 e. The molecule has 0 saturated heterocycles. The first-order chi connectivity index (χ1) is 4.12. The molecule has 0 spiro atoms. The first-order valence-electron chi connectivity index (χ1n) is 2.26. The van der Waals surface area contributed by atoms with Crippen LogP contribution in [-0.2, 0) is 16.3 Å². The molecule has 2 N–H and O–H groups in total. The van der Waals surface area contributed by atoms with E-state index in [-0.39, 0.29) is 13.2 Å². The summed E-state index contributed by atoms with van der Waals surface area (Å²) in [6.45, 7) is 0.0220. The molecule has 0 aliphatic heterocycles. The molecule has 3 nitrogen and oxygen atoms in total. The largest absolute Gasteiger partial charge is 0.394 e. The van der Waals surface area contributed by atoms with E-state index in [1.807, 2.05) is 0 Å². The Morgan fingerprint density at radius 3 is 2.67 bits per heavy atom. The topological polar surface area (TPSA) is 49.7 Å². The normalized spacial score (nSPS) is 17.2. The van der Waals surface area contributed by atoms with E-state index in [2.05, 4.69) is 11.8 Å². The Morgan fingerprint density at radius 1 is 1.78 bits per heavy atom. The Balaban J connectivity index is 3.46. The van der Waals surface area contributed by atoms with Gasteiger partial charge in [0.2, 0.25) is 5.69 Å². The molecule has 1 atom stereocenters. The summed E-state index contributed by atoms with van der Waals surface area (Å²) >= 11 is 5.72. The van der Waals surface area contributed by atoms with Crippen LogP contribution in [0.1, 0.15) is 0 Å². The van der Waals surface area contributed by atoms with Gasteiger partial charge in [0.05, 0.1) is 13.2 Å². The highest BCUT2D eigenvalue weighted by atomic mass is 32.9. The van der Waals surface area contributed by atoms with Gasteiger partial charge in [-0.05, 0) is 18.1 Å². The van der Waals surface area contributed by atoms with Gasteiger partial charge < -0.3 is 14.5 Å². The van der Waals surface area contributed by atoms with Crippen molar-refractivity contribution in [2.45, 2.75) is 0 Å². The third-order valence-corrected chi connectivity index (χ3v) is 4.91. The lowest BCUT2D eigenvalue weighted by Crippen LogP contribution is -1.94. The summed E-state index contributed by atoms with van der Waals surface area (Å²) in [7, 11) is 0. The molecule has 56 valence electrons. The molecule has 9 heavy (non-hydrogen) atoms. The average molecular weight is 188 g/mol. The zero-order chi connectivity index (χ0) is 7.33. The van der Waals surface area contributed by atoms with E-state index in [1.165, 1.54) is 0 Å². The van der Waals surface area contributed by atoms with Gasteiger partial charge in [-0.25, -0.2) is 0 Å². The summed E-state index contributed by atoms with van der Waals surface area (Å²) in [5, 5.41) is 8.25. The Kier molecular flexibility index (Phi) is 5.11. The first-order valence-corrected chi connectivity index (χ1v) is 6.76. The molecule has 0 saturated carbocycles. The Labute approximate surface area is 63.3 Å². The van der Waals surface area contributed by atoms with E-state index in [1.54, 1.807) is 6.26 Å². The lowest BCUT2D eigenvalue weighted by Gasteiger charge is -2.10. The van der Waals surface area contributed by atoms with Crippen LogP contribution in [0.2, 0.25) is 0 Å². The highest BCUT2D eigenvalue weighted by molar-refractivity contribution is 8.67. The molecule has 0 bridgehead atoms. The van der Waals surface area contributed by atoms with Crippen LogP contribution < -0.4 is 0 Å². The van der Waals surface area contributed by atoms with Gasteiger partial charge in [0.1, 0.15) is 0 Å². The maximum atomic E-state index is 9.01. The van der Waals surface area contributed by atoms with Gasteiger partial charge in [-0.3, -0.25) is 0 Å². The maximum absolute atomic E-state index is 9.01. The van der Waals surface area contributed by atoms with Crippen LogP contribution in [0.5, 0.6) is 0 Å². The first kappa shape index (κ1) is 9.88. The molecule has 0 fully saturated rings. The van der Waals surface area contributed by atoms with Crippen LogP contribution >= 0.6 is 17.1 Å². The molecule has 6 heteroatoms. The van der Waals surface area contributed by atoms with Gasteiger partial charge in [0.15, 0.2) is 0 Å². The van der Waals surface area contributed by atoms with Crippen molar-refractivity contribution < 1.29 is 14.5 Å². The van der Waals surface area contributed by atoms with Crippen LogP contribution in [-0.4, -0.2) is 29.5 Å². The minimum Gasteiger partial charge on any atom is -0.394 e. The van der Waals surface area contributed by atoms with E-state index in [4.69, 9.17) is 14.5 Å². The fraction of sp³-hybridized carbons (Fsp3) is 1.00. The molecule has 0 aliphatic carbocycles. The van der Waals surface area contributed by atoms with Crippen LogP contribution in [0.4, 0.5) is 0 Å². The number of hydrogen-bond acceptors (Lipinski definition) is 4. The molecule has 0 radical (unpaired) electrons. The predicted molar refractivity (Wildman–Crippen MR) is 43.1 cm³/mol. The Morgan fingerprint density at radius 2 is 2.33 bits per heavy atom. The zero-order valence-electron chi connectivity index (χ0n) is 4.98. The van der Waals surface area contributed by atoms with E-state index >= 15 is 0 Å². The zero-order valence-corrected chi connectivity index (χ0v) is 7.51. The third-order valence-electron chi connectivity index (χ3n) is 0.576. The van der Waals surface area contributed by atoms with Crippen LogP contribution in [0, 0.1) is 0 Å². The number of hydrogen-bond donors (Lipinski definition) is 2. The van der Waals surface area contributed by atoms with Crippen LogP contribution in [0.25, 0.3) is 0 Å². The van der Waals surface area contributed by atoms with E-state index in [9.17, 15) is 0 Å². The lowest BCUT2D eigenvalue weighted by molar-refractivity contribution is 0.205. The number of aliphatic hydroxyl groups excluding tert-OH is 1. The lowest BCUT2D eigenvalue weighted by atomic mass is 10.8. The van der Waals surface area contributed by atoms with Crippen molar-refractivity contribution in [3.8, 4) is 0 Å². The maximum Gasteiger partial charge on any atom is 0.244 e. The van der Waals surface area contributed by atoms with Crippen molar-refractivity contribution in [2.24, 2.45) is 0 Å². The second-order valence-electron chi connectivity index (χ2n) is 1.21. The molecule has 0 rings (SSSR count). The summed E-state index contributed by atoms with van der Waals surface area (Å²) in [6.07, 6.45) is 1.68. The van der Waals surface area contributed by atoms with E-state index in [0.29, 0.717) is 0 Å². The summed E-state index contributed by atoms with van der Waals surface area (Å²) < 4.78 is 4.72. The predicted octanol–water partition coefficient (Wildman–Crippen LogP) is 0.575. The second kappa shape index (κ2) is 4.66. The van der Waals surface area contributed by atoms with E-state index in [0.717, 1.165) is 11.4 Å². The van der Waals surface area contributed by atoms with Crippen LogP contribution in [0.3, 0.4) is 0 Å². The number of aliphatic hydroxyl groups is 1. The second-order valence-corrected chi connectivity index (χ2v) is 7.53. The quantitative estimate of drug-likeness (QED) is 0.632. The van der Waals surface area contributed by atoms with Crippen molar-refractivity contribution in [2.75, 3.05) is 19.5 Å². The summed E-state index contributed by atoms with van der Waals surface area (Å²) in [4.78, 5) is 9.01. The molecule has 0 aliphatic rings. The molecule has 0 heterocycles. The summed E-state index contributed by atoms with van der Waals surface area (Å²) in [5.74, 6) is 0. The fourth-order valence-corrected chi connectivity index (χ4v) is 1.39. The minimum atomic E-state index is -2.60. The van der Waals surface area contributed by atoms with Crippen molar-refractivity contribution in [3.63, 3.8) is 0 Å². The highest BCUT2D eigenvalue weighted by Gasteiger charge is 2.09. The summed E-state index contributed by atoms with van der Waals surface area (Å²) in [6, 6.07) is 0. The van der Waals surface area contributed by atoms with Gasteiger partial charge in [0, 0.05) is 0 Å². The van der Waals surface area contributed by atoms with Crippen molar-refractivity contribution >= 4 is 28.9 Å². The standard InChI is InChI=1S/C3H9O3PS2/c1-9-7(5,8)6-3-2-4/h4H,2-3H2,1H3,(H,5,8). The van der Waals surface area contributed by atoms with Crippen molar-refractivity contribution in [3.05, 3.63) is 0 Å². The molecular formula is C3H9O3PS2. The van der Waals surface area contributed by atoms with E-state index < -0.39 is 5.69 Å². The minimum absolute atomic E-state index is 0.0977. The van der Waals surface area contributed by atoms with Gasteiger partial charge in [-0.1, -0.05) is 11.4 Å². The molecule has 0 aromatic heterocycles. The molecule has 0 amide bonds. The Bertz CT molecular complexity index is 118. The molecular weight excluding hydrogens is 179 g/mol. The van der Waals surface area contributed by atoms with Gasteiger partial charge in [-0.15, -0.1) is 0 Å². The Hall–Kier alpha value is 0.880. The molecule has 1 unspecified atom stereocenters. The average Bonchev–Trinajstić information content (AvgIpc) is 1.84. The SMILES string of the molecule is CSP(O)(=S)OCCO. The van der Waals surface area contributed by atoms with Crippen molar-refractivity contribution in [1.29, 1.82) is 0 Å². The fourth-order valence-electron chi connectivity index (χ4n) is 0.209. The van der Waals surface area contributed by atoms with Crippen LogP contribution in [0.15, 0.2) is 0 Å². The number of rotatable bonds is 4. The monoisotopic (exact) mass is 188 g/mol. The third kappa shape index (κ3) is 5.33.